The first-order valence-corrected chi connectivity index (χ1v) is 9.29. The van der Waals surface area contributed by atoms with E-state index in [2.05, 4.69) is 65.8 Å². The molecule has 0 saturated carbocycles. The average Bonchev–Trinajstić information content (AvgIpc) is 3.01. The molecule has 3 heteroatoms. The zero-order valence-corrected chi connectivity index (χ0v) is 15.4. The Balaban J connectivity index is 1.65. The summed E-state index contributed by atoms with van der Waals surface area (Å²) in [4.78, 5) is 3.39. The third-order valence-electron chi connectivity index (χ3n) is 5.09. The molecule has 2 nitrogen and oxygen atoms in total. The Morgan fingerprint density at radius 3 is 2.37 bits per heavy atom. The molecule has 2 N–H and O–H groups in total. The highest BCUT2D eigenvalue weighted by Gasteiger charge is 2.17. The Labute approximate surface area is 159 Å². The molecule has 136 valence electrons. The number of nitrogens with one attached hydrogen (secondary N) is 2. The van der Waals surface area contributed by atoms with Crippen LogP contribution in [0.3, 0.4) is 0 Å². The summed E-state index contributed by atoms with van der Waals surface area (Å²) in [6.45, 7) is 2.85. The van der Waals surface area contributed by atoms with Crippen molar-refractivity contribution in [1.82, 2.24) is 10.3 Å². The first kappa shape index (κ1) is 17.5. The van der Waals surface area contributed by atoms with Gasteiger partial charge in [-0.2, -0.15) is 0 Å². The van der Waals surface area contributed by atoms with E-state index in [1.165, 1.54) is 22.8 Å². The lowest BCUT2D eigenvalue weighted by molar-refractivity contribution is 0.530. The molecule has 0 aliphatic rings. The Morgan fingerprint density at radius 2 is 1.63 bits per heavy atom. The van der Waals surface area contributed by atoms with Crippen LogP contribution in [0, 0.1) is 12.7 Å². The van der Waals surface area contributed by atoms with Crippen LogP contribution in [0.4, 0.5) is 4.39 Å². The van der Waals surface area contributed by atoms with E-state index in [0.717, 1.165) is 29.6 Å². The fourth-order valence-electron chi connectivity index (χ4n) is 3.65. The van der Waals surface area contributed by atoms with Gasteiger partial charge in [0.15, 0.2) is 0 Å². The maximum Gasteiger partial charge on any atom is 0.123 e. The average molecular weight is 358 g/mol. The molecule has 0 aliphatic heterocycles. The fourth-order valence-corrected chi connectivity index (χ4v) is 3.65. The summed E-state index contributed by atoms with van der Waals surface area (Å²) in [5, 5.41) is 4.66. The number of halogens is 1. The minimum absolute atomic E-state index is 0.146. The maximum absolute atomic E-state index is 13.8. The summed E-state index contributed by atoms with van der Waals surface area (Å²) in [6, 6.07) is 25.9. The third-order valence-corrected chi connectivity index (χ3v) is 5.09. The van der Waals surface area contributed by atoms with Gasteiger partial charge in [0.05, 0.1) is 0 Å². The van der Waals surface area contributed by atoms with Gasteiger partial charge in [-0.15, -0.1) is 0 Å². The predicted molar refractivity (Wildman–Crippen MR) is 109 cm³/mol. The smallest absolute Gasteiger partial charge is 0.123 e. The van der Waals surface area contributed by atoms with Crippen LogP contribution in [0.2, 0.25) is 0 Å². The summed E-state index contributed by atoms with van der Waals surface area (Å²) >= 11 is 0. The van der Waals surface area contributed by atoms with Crippen molar-refractivity contribution in [2.45, 2.75) is 25.9 Å². The van der Waals surface area contributed by atoms with E-state index in [0.29, 0.717) is 0 Å². The Hall–Kier alpha value is -2.91. The summed E-state index contributed by atoms with van der Waals surface area (Å²) in [6.07, 6.45) is 0.798. The lowest BCUT2D eigenvalue weighted by Gasteiger charge is -2.20. The molecule has 0 radical (unpaired) electrons. The number of fused-ring (bicyclic) bond motifs is 1. The number of hydrogen-bond acceptors (Lipinski definition) is 1. The highest BCUT2D eigenvalue weighted by Crippen LogP contribution is 2.28. The quantitative estimate of drug-likeness (QED) is 0.455. The van der Waals surface area contributed by atoms with Gasteiger partial charge in [0.25, 0.3) is 0 Å². The molecule has 0 fully saturated rings. The van der Waals surface area contributed by atoms with E-state index in [1.807, 2.05) is 18.2 Å². The van der Waals surface area contributed by atoms with Gasteiger partial charge in [-0.05, 0) is 48.2 Å². The molecule has 4 aromatic rings. The van der Waals surface area contributed by atoms with Crippen LogP contribution in [0.5, 0.6) is 0 Å². The van der Waals surface area contributed by atoms with Gasteiger partial charge in [0.2, 0.25) is 0 Å². The van der Waals surface area contributed by atoms with Crippen LogP contribution in [0.15, 0.2) is 78.9 Å². The first-order valence-electron chi connectivity index (χ1n) is 9.29. The molecule has 0 amide bonds. The second kappa shape index (κ2) is 7.77. The van der Waals surface area contributed by atoms with Gasteiger partial charge < -0.3 is 10.3 Å². The topological polar surface area (TPSA) is 27.8 Å². The molecule has 0 saturated heterocycles. The van der Waals surface area contributed by atoms with Crippen molar-refractivity contribution in [2.75, 3.05) is 0 Å². The summed E-state index contributed by atoms with van der Waals surface area (Å²) < 4.78 is 13.8. The number of hydrogen-bond donors (Lipinski definition) is 2. The standard InChI is InChI=1S/C24H23FN2/c1-17-21(22-14-20(25)12-13-23(22)27-17)15-24(19-10-6-3-7-11-19)26-16-18-8-4-2-5-9-18/h2-14,24,26-27H,15-16H2,1H3. The van der Waals surface area contributed by atoms with Crippen LogP contribution in [0.25, 0.3) is 10.9 Å². The highest BCUT2D eigenvalue weighted by molar-refractivity contribution is 5.84. The Kier molecular flexibility index (Phi) is 5.03. The lowest BCUT2D eigenvalue weighted by Crippen LogP contribution is -2.23. The van der Waals surface area contributed by atoms with Gasteiger partial charge in [-0.3, -0.25) is 0 Å². The van der Waals surface area contributed by atoms with Crippen molar-refractivity contribution in [3.8, 4) is 0 Å². The van der Waals surface area contributed by atoms with E-state index in [1.54, 1.807) is 6.07 Å². The second-order valence-electron chi connectivity index (χ2n) is 6.95. The van der Waals surface area contributed by atoms with E-state index >= 15 is 0 Å². The van der Waals surface area contributed by atoms with Gasteiger partial charge in [0.1, 0.15) is 5.82 Å². The summed E-state index contributed by atoms with van der Waals surface area (Å²) in [5.41, 5.74) is 5.73. The van der Waals surface area contributed by atoms with Crippen LogP contribution in [0.1, 0.15) is 28.4 Å². The van der Waals surface area contributed by atoms with Crippen molar-refractivity contribution in [2.24, 2.45) is 0 Å². The van der Waals surface area contributed by atoms with Gasteiger partial charge >= 0.3 is 0 Å². The summed E-state index contributed by atoms with van der Waals surface area (Å²) in [7, 11) is 0. The SMILES string of the molecule is Cc1[nH]c2ccc(F)cc2c1CC(NCc1ccccc1)c1ccccc1. The molecule has 1 atom stereocenters. The van der Waals surface area contributed by atoms with Gasteiger partial charge in [-0.1, -0.05) is 60.7 Å². The van der Waals surface area contributed by atoms with E-state index in [4.69, 9.17) is 0 Å². The number of aromatic nitrogens is 1. The zero-order chi connectivity index (χ0) is 18.6. The molecule has 3 aromatic carbocycles. The normalized spacial score (nSPS) is 12.4. The number of benzene rings is 3. The van der Waals surface area contributed by atoms with Crippen molar-refractivity contribution in [3.05, 3.63) is 107 Å². The van der Waals surface area contributed by atoms with E-state index in [-0.39, 0.29) is 11.9 Å². The van der Waals surface area contributed by atoms with Crippen LogP contribution in [-0.2, 0) is 13.0 Å². The molecular formula is C24H23FN2. The molecule has 0 bridgehead atoms. The lowest BCUT2D eigenvalue weighted by atomic mass is 9.96. The van der Waals surface area contributed by atoms with Crippen LogP contribution >= 0.6 is 0 Å². The minimum atomic E-state index is -0.198. The predicted octanol–water partition coefficient (Wildman–Crippen LogP) is 5.69. The zero-order valence-electron chi connectivity index (χ0n) is 15.4. The summed E-state index contributed by atoms with van der Waals surface area (Å²) in [5.74, 6) is -0.198. The first-order chi connectivity index (χ1) is 13.2. The molecule has 1 aromatic heterocycles. The number of aryl methyl sites for hydroxylation is 1. The highest BCUT2D eigenvalue weighted by atomic mass is 19.1. The Morgan fingerprint density at radius 1 is 0.926 bits per heavy atom. The minimum Gasteiger partial charge on any atom is -0.358 e. The second-order valence-corrected chi connectivity index (χ2v) is 6.95. The number of aromatic amines is 1. The molecule has 1 heterocycles. The molecule has 0 aliphatic carbocycles. The largest absolute Gasteiger partial charge is 0.358 e. The van der Waals surface area contributed by atoms with Crippen LogP contribution < -0.4 is 5.32 Å². The van der Waals surface area contributed by atoms with Crippen molar-refractivity contribution >= 4 is 10.9 Å². The van der Waals surface area contributed by atoms with Gasteiger partial charge in [0, 0.05) is 29.2 Å². The molecular weight excluding hydrogens is 335 g/mol. The van der Waals surface area contributed by atoms with Crippen LogP contribution in [-0.4, -0.2) is 4.98 Å². The fraction of sp³-hybridized carbons (Fsp3) is 0.167. The number of H-pyrrole nitrogens is 1. The van der Waals surface area contributed by atoms with Gasteiger partial charge in [-0.25, -0.2) is 4.39 Å². The van der Waals surface area contributed by atoms with E-state index < -0.39 is 0 Å². The molecule has 1 unspecified atom stereocenters. The monoisotopic (exact) mass is 358 g/mol. The molecule has 4 rings (SSSR count). The molecule has 0 spiro atoms. The van der Waals surface area contributed by atoms with E-state index in [9.17, 15) is 4.39 Å². The Bertz CT molecular complexity index is 1020. The molecule has 27 heavy (non-hydrogen) atoms. The van der Waals surface area contributed by atoms with Crippen molar-refractivity contribution < 1.29 is 4.39 Å². The maximum atomic E-state index is 13.8. The van der Waals surface area contributed by atoms with Crippen molar-refractivity contribution in [3.63, 3.8) is 0 Å². The third kappa shape index (κ3) is 3.93. The number of rotatable bonds is 6. The van der Waals surface area contributed by atoms with Crippen molar-refractivity contribution in [1.29, 1.82) is 0 Å².